The molecule has 0 aliphatic carbocycles. The molecule has 3 aromatic rings. The third-order valence-corrected chi connectivity index (χ3v) is 6.53. The topological polar surface area (TPSA) is 73.7 Å². The molecule has 0 saturated carbocycles. The molecule has 4 rings (SSSR count). The third kappa shape index (κ3) is 3.83. The summed E-state index contributed by atoms with van der Waals surface area (Å²) in [5, 5.41) is 5.35. The van der Waals surface area contributed by atoms with Crippen LogP contribution in [0, 0.1) is 6.92 Å². The fourth-order valence-corrected chi connectivity index (χ4v) is 4.99. The van der Waals surface area contributed by atoms with E-state index in [9.17, 15) is 9.59 Å². The van der Waals surface area contributed by atoms with Crippen LogP contribution in [0.15, 0.2) is 36.4 Å². The lowest BCUT2D eigenvalue weighted by atomic mass is 9.92. The van der Waals surface area contributed by atoms with Gasteiger partial charge < -0.3 is 14.4 Å². The number of rotatable bonds is 6. The van der Waals surface area contributed by atoms with Crippen LogP contribution in [0.3, 0.4) is 0 Å². The van der Waals surface area contributed by atoms with Crippen molar-refractivity contribution < 1.29 is 19.1 Å². The molecule has 0 spiro atoms. The van der Waals surface area contributed by atoms with E-state index in [1.54, 1.807) is 41.0 Å². The summed E-state index contributed by atoms with van der Waals surface area (Å²) in [7, 11) is 2.87. The van der Waals surface area contributed by atoms with Crippen molar-refractivity contribution in [3.05, 3.63) is 75.1 Å². The molecule has 1 aliphatic rings. The van der Waals surface area contributed by atoms with E-state index in [2.05, 4.69) is 0 Å². The quantitative estimate of drug-likeness (QED) is 0.253. The summed E-state index contributed by atoms with van der Waals surface area (Å²) < 4.78 is 12.2. The first-order valence-electron chi connectivity index (χ1n) is 10.8. The van der Waals surface area contributed by atoms with Crippen molar-refractivity contribution in [1.82, 2.24) is 14.7 Å². The zero-order valence-corrected chi connectivity index (χ0v) is 21.1. The Morgan fingerprint density at radius 1 is 1.18 bits per heavy atom. The number of ether oxygens (including phenoxy) is 2. The first-order valence-corrected chi connectivity index (χ1v) is 11.7. The maximum atomic E-state index is 13.4. The van der Waals surface area contributed by atoms with E-state index in [4.69, 9.17) is 37.8 Å². The Morgan fingerprint density at radius 2 is 1.91 bits per heavy atom. The number of halogens is 2. The number of benzene rings is 2. The van der Waals surface area contributed by atoms with Crippen LogP contribution in [0.1, 0.15) is 69.0 Å². The van der Waals surface area contributed by atoms with Crippen LogP contribution in [0.5, 0.6) is 5.75 Å². The molecule has 0 N–H and O–H groups in total. The van der Waals surface area contributed by atoms with Crippen molar-refractivity contribution in [3.8, 4) is 11.4 Å². The molecule has 2 aromatic carbocycles. The smallest absolute Gasteiger partial charge is 0.337 e. The zero-order chi connectivity index (χ0) is 24.7. The van der Waals surface area contributed by atoms with Gasteiger partial charge in [0.1, 0.15) is 11.4 Å². The molecule has 1 unspecified atom stereocenters. The van der Waals surface area contributed by atoms with Gasteiger partial charge in [-0.25, -0.2) is 9.48 Å². The van der Waals surface area contributed by atoms with Crippen LogP contribution in [-0.4, -0.2) is 46.8 Å². The molecule has 1 amide bonds. The molecule has 2 heterocycles. The number of methoxy groups -OCH3 is 2. The van der Waals surface area contributed by atoms with Crippen LogP contribution in [0.2, 0.25) is 5.02 Å². The maximum Gasteiger partial charge on any atom is 0.337 e. The first-order chi connectivity index (χ1) is 16.2. The molecule has 178 valence electrons. The molecular formula is C25H25Cl2N3O4. The molecular weight excluding hydrogens is 477 g/mol. The van der Waals surface area contributed by atoms with Crippen LogP contribution in [0.4, 0.5) is 0 Å². The lowest BCUT2D eigenvalue weighted by molar-refractivity contribution is 0.0600. The minimum Gasteiger partial charge on any atom is -0.494 e. The summed E-state index contributed by atoms with van der Waals surface area (Å²) in [5.41, 5.74) is 4.71. The van der Waals surface area contributed by atoms with Gasteiger partial charge in [-0.1, -0.05) is 31.5 Å². The van der Waals surface area contributed by atoms with Gasteiger partial charge >= 0.3 is 5.97 Å². The maximum absolute atomic E-state index is 13.4. The molecule has 34 heavy (non-hydrogen) atoms. The van der Waals surface area contributed by atoms with Gasteiger partial charge in [-0.05, 0) is 54.3 Å². The van der Waals surface area contributed by atoms with Crippen molar-refractivity contribution in [2.45, 2.75) is 32.7 Å². The summed E-state index contributed by atoms with van der Waals surface area (Å²) in [6, 6.07) is 10.2. The number of aryl methyl sites for hydroxylation is 1. The van der Waals surface area contributed by atoms with Gasteiger partial charge in [0, 0.05) is 10.6 Å². The monoisotopic (exact) mass is 501 g/mol. The predicted molar refractivity (Wildman–Crippen MR) is 130 cm³/mol. The van der Waals surface area contributed by atoms with Gasteiger partial charge in [0.15, 0.2) is 5.69 Å². The summed E-state index contributed by atoms with van der Waals surface area (Å²) in [4.78, 5) is 27.2. The highest BCUT2D eigenvalue weighted by Gasteiger charge is 2.44. The van der Waals surface area contributed by atoms with E-state index in [-0.39, 0.29) is 17.8 Å². The molecule has 7 nitrogen and oxygen atoms in total. The number of alkyl halides is 1. The predicted octanol–water partition coefficient (Wildman–Crippen LogP) is 5.49. The molecule has 9 heteroatoms. The first kappa shape index (κ1) is 24.1. The summed E-state index contributed by atoms with van der Waals surface area (Å²) >= 11 is 12.5. The fraction of sp³-hybridized carbons (Fsp3) is 0.320. The number of carbonyl (C=O) groups is 2. The number of fused-ring (bicyclic) bond motifs is 1. The number of amides is 1. The van der Waals surface area contributed by atoms with Gasteiger partial charge in [-0.3, -0.25) is 4.79 Å². The number of esters is 1. The highest BCUT2D eigenvalue weighted by molar-refractivity contribution is 6.30. The molecule has 1 aliphatic heterocycles. The Bertz CT molecular complexity index is 1290. The van der Waals surface area contributed by atoms with Crippen LogP contribution in [-0.2, 0) is 4.74 Å². The fourth-order valence-electron chi connectivity index (χ4n) is 4.51. The Kier molecular flexibility index (Phi) is 6.60. The van der Waals surface area contributed by atoms with Gasteiger partial charge in [0.05, 0.1) is 37.5 Å². The van der Waals surface area contributed by atoms with Crippen molar-refractivity contribution in [2.75, 3.05) is 20.2 Å². The largest absolute Gasteiger partial charge is 0.494 e. The average molecular weight is 502 g/mol. The van der Waals surface area contributed by atoms with Crippen molar-refractivity contribution in [2.24, 2.45) is 0 Å². The van der Waals surface area contributed by atoms with E-state index in [1.807, 2.05) is 32.9 Å². The molecule has 0 fully saturated rings. The lowest BCUT2D eigenvalue weighted by Gasteiger charge is -2.27. The van der Waals surface area contributed by atoms with E-state index in [1.165, 1.54) is 7.11 Å². The van der Waals surface area contributed by atoms with Crippen LogP contribution >= 0.6 is 23.2 Å². The van der Waals surface area contributed by atoms with Gasteiger partial charge in [-0.15, -0.1) is 11.6 Å². The molecule has 1 atom stereocenters. The highest BCUT2D eigenvalue weighted by Crippen LogP contribution is 2.45. The number of aromatic nitrogens is 2. The molecule has 1 aromatic heterocycles. The van der Waals surface area contributed by atoms with Gasteiger partial charge in [0.2, 0.25) is 0 Å². The standard InChI is InChI=1S/C25H25Cl2N3O4/c1-13(2)22-20-21(24(31)29(12-26)23(20)17-8-7-16(27)10-14(17)3)28-30(22)18-11-15(25(32)34-5)6-9-19(18)33-4/h6-11,13,23H,12H2,1-5H3. The second-order valence-electron chi connectivity index (χ2n) is 8.39. The Labute approximate surface area is 208 Å². The number of hydrogen-bond acceptors (Lipinski definition) is 5. The number of carbonyl (C=O) groups excluding carboxylic acids is 2. The second kappa shape index (κ2) is 9.31. The summed E-state index contributed by atoms with van der Waals surface area (Å²) in [6.07, 6.45) is 0. The van der Waals surface area contributed by atoms with E-state index >= 15 is 0 Å². The van der Waals surface area contributed by atoms with Gasteiger partial charge in [-0.2, -0.15) is 5.10 Å². The Hall–Kier alpha value is -3.03. The van der Waals surface area contributed by atoms with Crippen LogP contribution in [0.25, 0.3) is 5.69 Å². The molecule has 0 radical (unpaired) electrons. The molecule has 0 saturated heterocycles. The van der Waals surface area contributed by atoms with Crippen molar-refractivity contribution >= 4 is 35.1 Å². The van der Waals surface area contributed by atoms with E-state index in [0.717, 1.165) is 22.4 Å². The minimum atomic E-state index is -0.478. The highest BCUT2D eigenvalue weighted by atomic mass is 35.5. The normalized spacial score (nSPS) is 15.1. The van der Waals surface area contributed by atoms with Crippen LogP contribution < -0.4 is 4.74 Å². The average Bonchev–Trinajstić information content (AvgIpc) is 3.33. The Morgan fingerprint density at radius 3 is 2.50 bits per heavy atom. The van der Waals surface area contributed by atoms with E-state index in [0.29, 0.717) is 27.7 Å². The van der Waals surface area contributed by atoms with Gasteiger partial charge in [0.25, 0.3) is 5.91 Å². The van der Waals surface area contributed by atoms with Crippen molar-refractivity contribution in [1.29, 1.82) is 0 Å². The number of nitrogens with zero attached hydrogens (tertiary/aromatic N) is 3. The minimum absolute atomic E-state index is 0.0130. The zero-order valence-electron chi connectivity index (χ0n) is 19.6. The van der Waals surface area contributed by atoms with Crippen molar-refractivity contribution in [3.63, 3.8) is 0 Å². The SMILES string of the molecule is COC(=O)c1ccc(OC)c(-n2nc3c(c2C(C)C)C(c2ccc(Cl)cc2C)N(CCl)C3=O)c1. The van der Waals surface area contributed by atoms with E-state index < -0.39 is 12.0 Å². The second-order valence-corrected chi connectivity index (χ2v) is 9.07. The lowest BCUT2D eigenvalue weighted by Crippen LogP contribution is -2.29. The molecule has 0 bridgehead atoms. The summed E-state index contributed by atoms with van der Waals surface area (Å²) in [5.74, 6) is -0.237. The number of hydrogen-bond donors (Lipinski definition) is 0. The third-order valence-electron chi connectivity index (χ3n) is 6.04. The summed E-state index contributed by atoms with van der Waals surface area (Å²) in [6.45, 7) is 6.02. The Balaban J connectivity index is 2.01.